The number of carbonyl (C=O) groups excluding carboxylic acids is 13. The molecule has 1 aliphatic rings. The Morgan fingerprint density at radius 1 is 0.524 bits per heavy atom. The highest BCUT2D eigenvalue weighted by Gasteiger charge is 2.46. The number of amides is 12. The molecule has 1 fully saturated rings. The first-order valence-corrected chi connectivity index (χ1v) is 37.0. The minimum absolute atomic E-state index is 0.0338. The van der Waals surface area contributed by atoms with Gasteiger partial charge in [-0.25, -0.2) is 0 Å². The zero-order valence-corrected chi connectivity index (χ0v) is 67.0. The van der Waals surface area contributed by atoms with E-state index in [0.29, 0.717) is 5.69 Å². The number of aliphatic hydroxyl groups excluding tert-OH is 1. The van der Waals surface area contributed by atoms with E-state index in [9.17, 15) is 53.1 Å². The van der Waals surface area contributed by atoms with E-state index in [1.807, 2.05) is 68.4 Å². The van der Waals surface area contributed by atoms with Crippen molar-refractivity contribution in [1.82, 2.24) is 60.9 Å². The number of Topliss-reactive ketones (excluding diaryl/α,β-unsaturated/α-hetero) is 1. The van der Waals surface area contributed by atoms with Crippen molar-refractivity contribution in [2.24, 2.45) is 41.4 Å². The van der Waals surface area contributed by atoms with Crippen molar-refractivity contribution < 1.29 is 77.3 Å². The lowest BCUT2D eigenvalue weighted by Gasteiger charge is -2.41. The first-order chi connectivity index (χ1) is 48.7. The average molecular weight is 1480 g/mol. The Kier molecular flexibility index (Phi) is 38.3. The second-order valence-electron chi connectivity index (χ2n) is 30.9. The van der Waals surface area contributed by atoms with E-state index in [-0.39, 0.29) is 100 Å². The number of anilines is 1. The molecule has 8 N–H and O–H groups in total. The van der Waals surface area contributed by atoms with Crippen molar-refractivity contribution in [2.75, 3.05) is 74.3 Å². The molecule has 0 bridgehead atoms. The Morgan fingerprint density at radius 2 is 0.990 bits per heavy atom. The van der Waals surface area contributed by atoms with Crippen molar-refractivity contribution in [2.45, 2.75) is 242 Å². The van der Waals surface area contributed by atoms with Gasteiger partial charge >= 0.3 is 5.97 Å². The summed E-state index contributed by atoms with van der Waals surface area (Å²) in [6, 6.07) is -6.09. The van der Waals surface area contributed by atoms with Crippen LogP contribution in [0.2, 0.25) is 0 Å². The Labute approximate surface area is 623 Å². The Hall–Kier alpha value is -8.34. The first kappa shape index (κ1) is 92.7. The number of hydrogen-bond donors (Lipinski definition) is 8. The summed E-state index contributed by atoms with van der Waals surface area (Å²) in [6.07, 6.45) is 0.655. The number of benzene rings is 1. The lowest BCUT2D eigenvalue weighted by molar-refractivity contribution is -0.157. The van der Waals surface area contributed by atoms with E-state index >= 15 is 19.2 Å². The van der Waals surface area contributed by atoms with Crippen molar-refractivity contribution in [1.29, 1.82) is 0 Å². The highest BCUT2D eigenvalue weighted by molar-refractivity contribution is 6.00. The van der Waals surface area contributed by atoms with Gasteiger partial charge in [0.1, 0.15) is 66.2 Å². The van der Waals surface area contributed by atoms with Crippen molar-refractivity contribution >= 4 is 93.9 Å². The van der Waals surface area contributed by atoms with Crippen LogP contribution in [0.25, 0.3) is 5.57 Å². The monoisotopic (exact) mass is 1480 g/mol. The van der Waals surface area contributed by atoms with Gasteiger partial charge in [0.25, 0.3) is 0 Å². The maximum atomic E-state index is 15.5. The van der Waals surface area contributed by atoms with Gasteiger partial charge in [-0.15, -0.1) is 0 Å². The third-order valence-corrected chi connectivity index (χ3v) is 19.2. The van der Waals surface area contributed by atoms with E-state index in [1.165, 1.54) is 87.7 Å². The summed E-state index contributed by atoms with van der Waals surface area (Å²) in [6.45, 7) is 28.9. The minimum Gasteiger partial charge on any atom is -0.480 e. The molecule has 0 saturated carbocycles. The number of ketones is 1. The number of aliphatic hydroxyl groups is 1. The molecule has 29 heteroatoms. The van der Waals surface area contributed by atoms with Crippen LogP contribution in [-0.4, -0.2) is 263 Å². The van der Waals surface area contributed by atoms with Crippen LogP contribution in [0.5, 0.6) is 0 Å². The van der Waals surface area contributed by atoms with Crippen molar-refractivity contribution in [3.63, 3.8) is 0 Å². The molecule has 0 aliphatic carbocycles. The van der Waals surface area contributed by atoms with Crippen LogP contribution in [0.1, 0.15) is 181 Å². The second-order valence-corrected chi connectivity index (χ2v) is 30.9. The fourth-order valence-electron chi connectivity index (χ4n) is 12.7. The summed E-state index contributed by atoms with van der Waals surface area (Å²) in [5.74, 6) is -12.3. The fourth-order valence-corrected chi connectivity index (χ4v) is 12.7. The normalized spacial score (nSPS) is 24.0. The molecule has 0 radical (unpaired) electrons. The molecule has 0 aromatic heterocycles. The summed E-state index contributed by atoms with van der Waals surface area (Å²) in [5.41, 5.74) is 1.92. The molecule has 592 valence electrons. The number of carboxylic acid groups (broad SMARTS) is 1. The number of rotatable bonds is 25. The Bertz CT molecular complexity index is 3190. The zero-order chi connectivity index (χ0) is 80.5. The van der Waals surface area contributed by atoms with E-state index in [4.69, 9.17) is 5.11 Å². The molecule has 0 spiro atoms. The molecule has 1 aliphatic heterocycles. The molecule has 12 atom stereocenters. The van der Waals surface area contributed by atoms with Gasteiger partial charge in [-0.1, -0.05) is 115 Å². The zero-order valence-electron chi connectivity index (χ0n) is 67.0. The number of likely N-dealkylation sites (N-methyl/N-ethyl adjacent to an activating group) is 7. The highest BCUT2D eigenvalue weighted by atomic mass is 16.4. The summed E-state index contributed by atoms with van der Waals surface area (Å²) in [5, 5.41) is 37.8. The lowest BCUT2D eigenvalue weighted by Crippen LogP contribution is -2.63. The number of nitrogens with zero attached hydrogens (tertiary/aromatic N) is 7. The smallest absolute Gasteiger partial charge is 0.317 e. The van der Waals surface area contributed by atoms with Gasteiger partial charge in [-0.05, 0) is 124 Å². The van der Waals surface area contributed by atoms with Gasteiger partial charge in [0.15, 0.2) is 0 Å². The Morgan fingerprint density at radius 3 is 1.49 bits per heavy atom. The summed E-state index contributed by atoms with van der Waals surface area (Å²) in [7, 11) is 9.75. The van der Waals surface area contributed by atoms with E-state index in [2.05, 4.69) is 31.9 Å². The average Bonchev–Trinajstić information content (AvgIpc) is 0.792. The number of carboxylic acids is 1. The van der Waals surface area contributed by atoms with Crippen LogP contribution in [0.3, 0.4) is 0 Å². The maximum absolute atomic E-state index is 15.5. The maximum Gasteiger partial charge on any atom is 0.317 e. The van der Waals surface area contributed by atoms with Gasteiger partial charge in [0.2, 0.25) is 70.9 Å². The number of nitrogens with one attached hydrogen (secondary N) is 6. The SMILES string of the molecule is CC[C@H]1NC(=O)C([C@@H](O)[C@@H](C)C/C=C(/C)c2ccc(NC(=O)CCC(=O)CCNCC(=O)O)cc2)N(C)C(=O)[C@@H](C(C)C)N(C)C(=O)[C@@H](CC(C)C)N(C)C(=O)[C@@H](CC(C)C)N(C)C(=O)[C@@H](C)NC(=O)[C@@H](C)NC(=O)[C@@H](CC(C)C)N(C)C(=O)[C@@H](C(C)C)NC(=O)[C@@H](CC(C)C)N(C)C(=O)CN(C)C1=O. The third-order valence-electron chi connectivity index (χ3n) is 19.2. The van der Waals surface area contributed by atoms with Gasteiger partial charge in [0.05, 0.1) is 19.2 Å². The minimum atomic E-state index is -1.75. The summed E-state index contributed by atoms with van der Waals surface area (Å²) in [4.78, 5) is 207. The Balaban J connectivity index is 2.93. The summed E-state index contributed by atoms with van der Waals surface area (Å²) < 4.78 is 0. The molecular formula is C76H127N13O16. The van der Waals surface area contributed by atoms with Crippen LogP contribution in [0.4, 0.5) is 5.69 Å². The fraction of sp³-hybridized carbons (Fsp3) is 0.711. The van der Waals surface area contributed by atoms with Crippen LogP contribution in [0.15, 0.2) is 30.3 Å². The molecule has 1 unspecified atom stereocenters. The van der Waals surface area contributed by atoms with E-state index < -0.39 is 168 Å². The molecule has 1 aromatic carbocycles. The second kappa shape index (κ2) is 43.3. The number of allylic oxidation sites excluding steroid dienone is 2. The van der Waals surface area contributed by atoms with Crippen LogP contribution >= 0.6 is 0 Å². The molecule has 2 rings (SSSR count). The predicted molar refractivity (Wildman–Crippen MR) is 402 cm³/mol. The molecule has 29 nitrogen and oxygen atoms in total. The predicted octanol–water partition coefficient (Wildman–Crippen LogP) is 4.15. The lowest BCUT2D eigenvalue weighted by atomic mass is 9.90. The molecule has 105 heavy (non-hydrogen) atoms. The summed E-state index contributed by atoms with van der Waals surface area (Å²) >= 11 is 0. The van der Waals surface area contributed by atoms with Crippen molar-refractivity contribution in [3.8, 4) is 0 Å². The van der Waals surface area contributed by atoms with Gasteiger partial charge in [-0.2, -0.15) is 0 Å². The van der Waals surface area contributed by atoms with Crippen LogP contribution < -0.4 is 31.9 Å². The third kappa shape index (κ3) is 28.1. The van der Waals surface area contributed by atoms with E-state index in [1.54, 1.807) is 65.8 Å². The van der Waals surface area contributed by atoms with Gasteiger partial charge in [-0.3, -0.25) is 67.1 Å². The molecule has 12 amide bonds. The standard InChI is InChI=1S/C76H127N13O16/c1-25-55-72(101)83(18)41-61(92)84(19)56(36-42(2)3)69(98)82-63(46(10)11)75(104)85(20)57(37-43(4)5)68(97)78-50(16)67(96)79-51(17)71(100)86(21)58(38-44(6)7)73(102)87(22)59(39-45(8)9)74(103)88(23)64(47(12)13)76(105)89(24)65(70(99)81-55)66(95)49(15)27-26-48(14)52-28-30-53(31-29-52)80-60(91)33-32-54(90)34-35-77-40-62(93)94/h26,28-31,42-47,49-51,55-59,63-66,77,95H,25,27,32-41H2,1-24H3,(H,78,97)(H,79,96)(H,80,91)(H,81,99)(H,82,98)(H,93,94)/b48-26-/t49-,50+,51+,55+,56+,57+,58+,59+,63+,64+,65?,66-/m0/s1. The molecule has 1 saturated heterocycles. The largest absolute Gasteiger partial charge is 0.480 e. The number of aliphatic carboxylic acids is 1. The van der Waals surface area contributed by atoms with Gasteiger partial charge < -0.3 is 76.4 Å². The van der Waals surface area contributed by atoms with E-state index in [0.717, 1.165) is 20.9 Å². The number of hydrogen-bond acceptors (Lipinski definition) is 16. The van der Waals surface area contributed by atoms with Gasteiger partial charge in [0, 0.05) is 80.8 Å². The molecule has 1 aromatic rings. The first-order valence-electron chi connectivity index (χ1n) is 37.0. The van der Waals surface area contributed by atoms with Crippen molar-refractivity contribution in [3.05, 3.63) is 35.9 Å². The molecular weight excluding hydrogens is 1350 g/mol. The topological polar surface area (TPSA) is 374 Å². The highest BCUT2D eigenvalue weighted by Crippen LogP contribution is 2.27. The quantitative estimate of drug-likeness (QED) is 0.0637. The molecule has 1 heterocycles. The van der Waals surface area contributed by atoms with Crippen LogP contribution in [0, 0.1) is 41.4 Å². The van der Waals surface area contributed by atoms with Crippen LogP contribution in [-0.2, 0) is 67.1 Å². The number of carbonyl (C=O) groups is 14.